The zero-order chi connectivity index (χ0) is 63.7. The first-order valence-electron chi connectivity index (χ1n) is 21.2. The van der Waals surface area contributed by atoms with Crippen LogP contribution in [0.5, 0.6) is 0 Å². The number of alkyl halides is 18. The number of ether oxygens (including phenoxy) is 10. The molecule has 0 aromatic rings. The van der Waals surface area contributed by atoms with Crippen LogP contribution in [0.4, 0.5) is 97.7 Å². The highest BCUT2D eigenvalue weighted by Crippen LogP contribution is 2.42. The van der Waals surface area contributed by atoms with Crippen LogP contribution in [0.25, 0.3) is 0 Å². The van der Waals surface area contributed by atoms with Gasteiger partial charge in [0.05, 0.1) is 13.1 Å². The zero-order valence-corrected chi connectivity index (χ0v) is 42.3. The van der Waals surface area contributed by atoms with E-state index in [1.165, 1.54) is 43.5 Å². The maximum atomic E-state index is 12.0. The van der Waals surface area contributed by atoms with Gasteiger partial charge in [-0.15, -0.1) is 27.4 Å². The molecule has 0 aromatic carbocycles. The largest absolute Gasteiger partial charge is 0.492 e. The Bertz CT molecular complexity index is 1670. The minimum Gasteiger partial charge on any atom is -0.463 e. The molecule has 2 amide bonds. The molecule has 0 atom stereocenters. The van der Waals surface area contributed by atoms with Crippen molar-refractivity contribution in [2.45, 2.75) is 156 Å². The molecule has 0 aliphatic carbocycles. The third-order valence-electron chi connectivity index (χ3n) is 6.62. The van der Waals surface area contributed by atoms with Gasteiger partial charge >= 0.3 is 73.1 Å². The van der Waals surface area contributed by atoms with E-state index >= 15 is 0 Å². The summed E-state index contributed by atoms with van der Waals surface area (Å²) >= 11 is 0. The van der Waals surface area contributed by atoms with Crippen LogP contribution < -0.4 is 16.0 Å². The predicted molar refractivity (Wildman–Crippen MR) is 278 cm³/mol. The van der Waals surface area contributed by atoms with Crippen LogP contribution in [0.15, 0.2) is 24.3 Å². The lowest BCUT2D eigenvalue weighted by atomic mass is 10.1. The molecule has 0 unspecified atom stereocenters. The van der Waals surface area contributed by atoms with Gasteiger partial charge in [0, 0.05) is 24.5 Å². The number of hydrogen-bond donors (Lipinski definition) is 3. The number of amides is 2. The Hall–Kier alpha value is -5.78. The number of nitrogens with one attached hydrogen (secondary N) is 3. The summed E-state index contributed by atoms with van der Waals surface area (Å²) in [7, 11) is 1.94. The van der Waals surface area contributed by atoms with Gasteiger partial charge in [0.2, 0.25) is 13.7 Å². The number of carbonyl (C=O) groups excluding carboxylic acids is 6. The van der Waals surface area contributed by atoms with E-state index in [1.807, 2.05) is 7.05 Å². The van der Waals surface area contributed by atoms with E-state index in [1.54, 1.807) is 0 Å². The first-order valence-corrected chi connectivity index (χ1v) is 21.2. The second-order valence-electron chi connectivity index (χ2n) is 13.2. The smallest absolute Gasteiger partial charge is 0.463 e. The number of unbranched alkanes of at least 4 members (excludes halogenated alkanes) is 4. The van der Waals surface area contributed by atoms with Gasteiger partial charge in [-0.25, -0.2) is 55.0 Å². The van der Waals surface area contributed by atoms with Gasteiger partial charge < -0.3 is 44.4 Å². The van der Waals surface area contributed by atoms with Crippen LogP contribution in [0.3, 0.4) is 0 Å². The molecule has 540 valence electrons. The molecular formula is C47H89F20N3O18. The maximum absolute atomic E-state index is 12.0. The van der Waals surface area contributed by atoms with Crippen molar-refractivity contribution in [3.8, 4) is 0 Å². The Balaban J connectivity index is -0.0000000617. The summed E-state index contributed by atoms with van der Waals surface area (Å²) in [5.74, 6) is -1.92. The Labute approximate surface area is 499 Å². The number of halogens is 20. The lowest BCUT2D eigenvalue weighted by molar-refractivity contribution is -0.548. The molecule has 0 saturated carbocycles. The second kappa shape index (κ2) is 67.2. The lowest BCUT2D eigenvalue weighted by Gasteiger charge is -2.25. The highest BCUT2D eigenvalue weighted by atomic mass is 19.4. The number of rotatable bonds is 34. The summed E-state index contributed by atoms with van der Waals surface area (Å²) in [4.78, 5) is 66.2. The normalized spacial score (nSPS) is 10.2. The van der Waals surface area contributed by atoms with Crippen molar-refractivity contribution in [2.75, 3.05) is 93.9 Å². The molecule has 0 radical (unpaired) electrons. The average Bonchev–Trinajstić information content (AvgIpc) is 3.35. The molecule has 0 fully saturated rings. The van der Waals surface area contributed by atoms with Gasteiger partial charge in [0.15, 0.2) is 13.7 Å². The molecule has 88 heavy (non-hydrogen) atoms. The summed E-state index contributed by atoms with van der Waals surface area (Å²) < 4.78 is 267. The van der Waals surface area contributed by atoms with Gasteiger partial charge in [-0.05, 0) is 49.3 Å². The molecule has 0 heterocycles. The average molecular weight is 1360 g/mol. The fourth-order valence-corrected chi connectivity index (χ4v) is 3.23. The minimum absolute atomic E-state index is 0. The van der Waals surface area contributed by atoms with Gasteiger partial charge in [-0.3, -0.25) is 19.1 Å². The quantitative estimate of drug-likeness (QED) is 0.0135. The predicted octanol–water partition coefficient (Wildman–Crippen LogP) is 14.4. The first kappa shape index (κ1) is 117. The van der Waals surface area contributed by atoms with Crippen molar-refractivity contribution >= 4 is 36.1 Å². The molecule has 0 bridgehead atoms. The highest BCUT2D eigenvalue weighted by molar-refractivity contribution is 5.87. The molecule has 0 aliphatic heterocycles. The van der Waals surface area contributed by atoms with Gasteiger partial charge in [-0.2, -0.15) is 35.1 Å². The topological polar surface area (TPSA) is 249 Å². The van der Waals surface area contributed by atoms with Crippen molar-refractivity contribution in [3.05, 3.63) is 24.3 Å². The third-order valence-corrected chi connectivity index (χ3v) is 6.62. The molecule has 0 spiro atoms. The van der Waals surface area contributed by atoms with E-state index in [0.717, 1.165) is 25.8 Å². The van der Waals surface area contributed by atoms with Crippen LogP contribution in [0, 0.1) is 0 Å². The van der Waals surface area contributed by atoms with E-state index in [4.69, 9.17) is 0 Å². The van der Waals surface area contributed by atoms with E-state index in [9.17, 15) is 117 Å². The lowest BCUT2D eigenvalue weighted by Crippen LogP contribution is -2.48. The first-order chi connectivity index (χ1) is 36.9. The SMILES string of the molecule is C.C.C.C.C.C.C.C.C=C(C)C(=O)OCCNC(=O)OCCF.C=C(C)C(=O)OCCNC(=O)OCF.CC(=O)OCCF.CNCCCCCCCC(=O)OCF.FCOC(F)(F)OC(F)(F)C(F)(F)OF.FCOC(F)(F)OC(F)(F)C(F)(F)OF. The van der Waals surface area contributed by atoms with Crippen LogP contribution in [-0.2, 0) is 76.4 Å². The fourth-order valence-electron chi connectivity index (χ4n) is 3.23. The van der Waals surface area contributed by atoms with E-state index in [0.29, 0.717) is 6.42 Å². The molecule has 0 saturated heterocycles. The number of alkyl carbamates (subject to hydrolysis) is 2. The third kappa shape index (κ3) is 72.7. The molecule has 41 heteroatoms. The van der Waals surface area contributed by atoms with Crippen LogP contribution in [0.2, 0.25) is 0 Å². The summed E-state index contributed by atoms with van der Waals surface area (Å²) in [5, 5.41) is 7.52. The number of hydrogen-bond acceptors (Lipinski definition) is 19. The van der Waals surface area contributed by atoms with Crippen molar-refractivity contribution in [2.24, 2.45) is 0 Å². The summed E-state index contributed by atoms with van der Waals surface area (Å²) in [6.07, 6.45) is -30.7. The fraction of sp³-hybridized carbons (Fsp3) is 0.787. The van der Waals surface area contributed by atoms with Crippen LogP contribution in [0.1, 0.15) is 119 Å². The second-order valence-corrected chi connectivity index (χ2v) is 13.2. The Morgan fingerprint density at radius 2 is 0.739 bits per heavy atom. The van der Waals surface area contributed by atoms with E-state index < -0.39 is 114 Å². The van der Waals surface area contributed by atoms with Crippen molar-refractivity contribution in [3.63, 3.8) is 0 Å². The van der Waals surface area contributed by atoms with Gasteiger partial charge in [-0.1, -0.05) is 91.8 Å². The molecule has 0 aliphatic rings. The van der Waals surface area contributed by atoms with E-state index in [-0.39, 0.29) is 110 Å². The molecular weight excluding hydrogens is 1270 g/mol. The highest BCUT2D eigenvalue weighted by Gasteiger charge is 2.67. The maximum Gasteiger partial charge on any atom is 0.492 e. The molecule has 0 aromatic heterocycles. The Morgan fingerprint density at radius 3 is 1.02 bits per heavy atom. The summed E-state index contributed by atoms with van der Waals surface area (Å²) in [6, 6.07) is 0. The zero-order valence-electron chi connectivity index (χ0n) is 42.3. The van der Waals surface area contributed by atoms with Crippen molar-refractivity contribution in [1.82, 2.24) is 16.0 Å². The molecule has 3 N–H and O–H groups in total. The van der Waals surface area contributed by atoms with E-state index in [2.05, 4.69) is 76.5 Å². The van der Waals surface area contributed by atoms with Crippen molar-refractivity contribution in [1.29, 1.82) is 0 Å². The molecule has 21 nitrogen and oxygen atoms in total. The Kier molecular flexibility index (Phi) is 88.9. The van der Waals surface area contributed by atoms with Gasteiger partial charge in [0.25, 0.3) is 0 Å². The summed E-state index contributed by atoms with van der Waals surface area (Å²) in [5.41, 5.74) is 0.561. The monoisotopic (exact) mass is 1360 g/mol. The Morgan fingerprint density at radius 1 is 0.409 bits per heavy atom. The molecule has 0 rings (SSSR count). The number of carbonyl (C=O) groups is 6. The van der Waals surface area contributed by atoms with Crippen LogP contribution in [-0.4, -0.2) is 167 Å². The van der Waals surface area contributed by atoms with Crippen molar-refractivity contribution < 1.29 is 174 Å². The minimum atomic E-state index is -6.04. The standard InChI is InChI=1S/C10H20FNO2.C9H14FNO4.C8H12FNO4.2C4H2F8O3.C4H7FO2.8CH4/c1-12-8-6-4-2-3-5-7-10(13)14-9-11;1-7(2)8(12)14-6-4-11-9(13)15-5-3-10;1-6(2)7(11)13-4-3-10-8(12)14-5-9;2*5-1-13-4(10,11)14-2(6,7)3(8,9)15-12;1-4(6)7-3-2-5;;;;;;;;/h12H,2-9H2,1H3;1,3-6H2,2H3,(H,11,13);1,3-5H2,2H3,(H,10,12);2*1H2;2-3H2,1H3;8*1H4. The summed E-state index contributed by atoms with van der Waals surface area (Å²) in [6.45, 7) is 3.79. The van der Waals surface area contributed by atoms with Crippen LogP contribution >= 0.6 is 0 Å². The number of esters is 4. The van der Waals surface area contributed by atoms with Gasteiger partial charge in [0.1, 0.15) is 39.8 Å².